The highest BCUT2D eigenvalue weighted by atomic mass is 35.5. The minimum absolute atomic E-state index is 0.0254. The van der Waals surface area contributed by atoms with Crippen molar-refractivity contribution in [3.05, 3.63) is 63.2 Å². The predicted molar refractivity (Wildman–Crippen MR) is 108 cm³/mol. The van der Waals surface area contributed by atoms with Gasteiger partial charge in [-0.2, -0.15) is 13.2 Å². The number of benzene rings is 2. The molecule has 0 aliphatic rings. The zero-order chi connectivity index (χ0) is 21.8. The molecule has 0 unspecified atom stereocenters. The number of aryl methyl sites for hydroxylation is 3. The van der Waals surface area contributed by atoms with E-state index in [1.807, 2.05) is 6.92 Å². The van der Waals surface area contributed by atoms with Crippen molar-refractivity contribution < 1.29 is 23.1 Å². The number of nitrogens with one attached hydrogen (secondary N) is 2. The summed E-state index contributed by atoms with van der Waals surface area (Å²) in [5, 5.41) is 14.7. The summed E-state index contributed by atoms with van der Waals surface area (Å²) in [6.45, 7) is 5.86. The maximum absolute atomic E-state index is 13.8. The van der Waals surface area contributed by atoms with Gasteiger partial charge in [-0.25, -0.2) is 0 Å². The highest BCUT2D eigenvalue weighted by molar-refractivity contribution is 6.32. The monoisotopic (exact) mass is 428 g/mol. The maximum Gasteiger partial charge on any atom is 0.412 e. The Balaban J connectivity index is 2.26. The van der Waals surface area contributed by atoms with Crippen molar-refractivity contribution in [1.82, 2.24) is 5.32 Å². The number of hydrogen-bond acceptors (Lipinski definition) is 3. The van der Waals surface area contributed by atoms with Gasteiger partial charge in [-0.1, -0.05) is 29.8 Å². The molecule has 4 nitrogen and oxygen atoms in total. The van der Waals surface area contributed by atoms with E-state index in [1.54, 1.807) is 32.0 Å². The first-order chi connectivity index (χ1) is 13.5. The Bertz CT molecular complexity index is 862. The lowest BCUT2D eigenvalue weighted by Gasteiger charge is -2.25. The highest BCUT2D eigenvalue weighted by Crippen LogP contribution is 2.38. The van der Waals surface area contributed by atoms with E-state index in [1.165, 1.54) is 12.1 Å². The van der Waals surface area contributed by atoms with Crippen molar-refractivity contribution in [2.75, 3.05) is 11.9 Å². The standard InChI is InChI=1S/C21H24ClF3N2O2/c1-12-4-5-17(10-16(12)11-26-7-6-18(28)29)27-20(21(23,24)25)15-8-13(2)19(22)14(3)9-15/h4-5,8-10,20,26-27H,6-7,11H2,1-3H3,(H,28,29)/t20-/m0/s1. The molecule has 0 aliphatic heterocycles. The summed E-state index contributed by atoms with van der Waals surface area (Å²) in [6, 6.07) is 6.00. The molecular formula is C21H24ClF3N2O2. The number of hydrogen-bond donors (Lipinski definition) is 3. The Morgan fingerprint density at radius 3 is 2.28 bits per heavy atom. The molecule has 0 amide bonds. The van der Waals surface area contributed by atoms with Crippen molar-refractivity contribution in [3.8, 4) is 0 Å². The van der Waals surface area contributed by atoms with Gasteiger partial charge >= 0.3 is 12.1 Å². The third-order valence-electron chi connectivity index (χ3n) is 4.61. The summed E-state index contributed by atoms with van der Waals surface area (Å²) in [5.74, 6) is -0.911. The zero-order valence-electron chi connectivity index (χ0n) is 16.5. The first kappa shape index (κ1) is 23.0. The van der Waals surface area contributed by atoms with Crippen LogP contribution in [-0.4, -0.2) is 23.8 Å². The Hall–Kier alpha value is -2.25. The molecule has 2 aromatic carbocycles. The topological polar surface area (TPSA) is 61.4 Å². The molecular weight excluding hydrogens is 405 g/mol. The minimum Gasteiger partial charge on any atom is -0.481 e. The maximum atomic E-state index is 13.8. The van der Waals surface area contributed by atoms with Crippen molar-refractivity contribution in [2.24, 2.45) is 0 Å². The van der Waals surface area contributed by atoms with Gasteiger partial charge in [0, 0.05) is 23.8 Å². The first-order valence-corrected chi connectivity index (χ1v) is 9.48. The van der Waals surface area contributed by atoms with Gasteiger partial charge in [-0.05, 0) is 60.7 Å². The summed E-state index contributed by atoms with van der Waals surface area (Å²) < 4.78 is 41.4. The summed E-state index contributed by atoms with van der Waals surface area (Å²) >= 11 is 6.10. The summed E-state index contributed by atoms with van der Waals surface area (Å²) in [5.41, 5.74) is 3.30. The fraction of sp³-hybridized carbons (Fsp3) is 0.381. The Morgan fingerprint density at radius 2 is 1.72 bits per heavy atom. The molecule has 158 valence electrons. The van der Waals surface area contributed by atoms with Crippen molar-refractivity contribution >= 4 is 23.3 Å². The van der Waals surface area contributed by atoms with E-state index in [4.69, 9.17) is 16.7 Å². The van der Waals surface area contributed by atoms with Crippen LogP contribution >= 0.6 is 11.6 Å². The average Bonchev–Trinajstić information content (AvgIpc) is 2.61. The number of rotatable bonds is 8. The fourth-order valence-electron chi connectivity index (χ4n) is 3.04. The van der Waals surface area contributed by atoms with Gasteiger partial charge in [-0.3, -0.25) is 4.79 Å². The second-order valence-electron chi connectivity index (χ2n) is 7.05. The van der Waals surface area contributed by atoms with E-state index in [2.05, 4.69) is 10.6 Å². The molecule has 2 rings (SSSR count). The molecule has 0 saturated carbocycles. The normalized spacial score (nSPS) is 12.7. The predicted octanol–water partition coefficient (Wildman–Crippen LogP) is 5.55. The van der Waals surface area contributed by atoms with Crippen molar-refractivity contribution in [1.29, 1.82) is 0 Å². The Morgan fingerprint density at radius 1 is 1.10 bits per heavy atom. The third kappa shape index (κ3) is 6.37. The van der Waals surface area contributed by atoms with Crippen LogP contribution in [0, 0.1) is 20.8 Å². The largest absolute Gasteiger partial charge is 0.481 e. The Labute approximate surface area is 173 Å². The molecule has 0 aromatic heterocycles. The van der Waals surface area contributed by atoms with E-state index in [-0.39, 0.29) is 18.5 Å². The summed E-state index contributed by atoms with van der Waals surface area (Å²) in [6.07, 6.45) is -4.53. The van der Waals surface area contributed by atoms with Crippen molar-refractivity contribution in [2.45, 2.75) is 46.0 Å². The highest BCUT2D eigenvalue weighted by Gasteiger charge is 2.41. The number of carboxylic acids is 1. The van der Waals surface area contributed by atoms with Crippen LogP contribution < -0.4 is 10.6 Å². The molecule has 0 bridgehead atoms. The molecule has 0 spiro atoms. The molecule has 1 atom stereocenters. The number of anilines is 1. The summed E-state index contributed by atoms with van der Waals surface area (Å²) in [7, 11) is 0. The molecule has 0 fully saturated rings. The molecule has 2 aromatic rings. The molecule has 0 heterocycles. The van der Waals surface area contributed by atoms with Crippen LogP contribution in [0.25, 0.3) is 0 Å². The molecule has 0 saturated heterocycles. The molecule has 3 N–H and O–H groups in total. The molecule has 29 heavy (non-hydrogen) atoms. The van der Waals surface area contributed by atoms with Gasteiger partial charge in [0.1, 0.15) is 6.04 Å². The van der Waals surface area contributed by atoms with Crippen LogP contribution in [0.1, 0.15) is 40.3 Å². The number of carboxylic acid groups (broad SMARTS) is 1. The number of halogens is 4. The Kier molecular flexibility index (Phi) is 7.54. The molecule has 0 radical (unpaired) electrons. The lowest BCUT2D eigenvalue weighted by atomic mass is 10.00. The third-order valence-corrected chi connectivity index (χ3v) is 5.21. The number of aliphatic carboxylic acids is 1. The quantitative estimate of drug-likeness (QED) is 0.483. The SMILES string of the molecule is Cc1ccc(N[C@@H](c2cc(C)c(Cl)c(C)c2)C(F)(F)F)cc1CNCCC(=O)O. The zero-order valence-corrected chi connectivity index (χ0v) is 17.2. The second-order valence-corrected chi connectivity index (χ2v) is 7.43. The van der Waals surface area contributed by atoms with E-state index in [0.717, 1.165) is 11.1 Å². The lowest BCUT2D eigenvalue weighted by Crippen LogP contribution is -2.28. The van der Waals surface area contributed by atoms with Gasteiger partial charge in [0.25, 0.3) is 0 Å². The average molecular weight is 429 g/mol. The minimum atomic E-state index is -4.50. The molecule has 0 aliphatic carbocycles. The van der Waals surface area contributed by atoms with E-state index in [0.29, 0.717) is 28.4 Å². The smallest absolute Gasteiger partial charge is 0.412 e. The van der Waals surface area contributed by atoms with Gasteiger partial charge in [0.05, 0.1) is 6.42 Å². The number of carbonyl (C=O) groups is 1. The first-order valence-electron chi connectivity index (χ1n) is 9.11. The molecule has 8 heteroatoms. The van der Waals surface area contributed by atoms with Gasteiger partial charge in [0.2, 0.25) is 0 Å². The van der Waals surface area contributed by atoms with Gasteiger partial charge in [-0.15, -0.1) is 0 Å². The van der Waals surface area contributed by atoms with Crippen LogP contribution in [0.15, 0.2) is 30.3 Å². The van der Waals surface area contributed by atoms with Crippen molar-refractivity contribution in [3.63, 3.8) is 0 Å². The van der Waals surface area contributed by atoms with E-state index < -0.39 is 18.2 Å². The van der Waals surface area contributed by atoms with Crippen LogP contribution in [0.3, 0.4) is 0 Å². The van der Waals surface area contributed by atoms with Crippen LogP contribution in [0.5, 0.6) is 0 Å². The van der Waals surface area contributed by atoms with E-state index >= 15 is 0 Å². The van der Waals surface area contributed by atoms with E-state index in [9.17, 15) is 18.0 Å². The second kappa shape index (κ2) is 9.50. The summed E-state index contributed by atoms with van der Waals surface area (Å²) in [4.78, 5) is 10.6. The lowest BCUT2D eigenvalue weighted by molar-refractivity contribution is -0.144. The van der Waals surface area contributed by atoms with Gasteiger partial charge < -0.3 is 15.7 Å². The van der Waals surface area contributed by atoms with Crippen LogP contribution in [0.2, 0.25) is 5.02 Å². The van der Waals surface area contributed by atoms with Crippen LogP contribution in [0.4, 0.5) is 18.9 Å². The fourth-order valence-corrected chi connectivity index (χ4v) is 3.15. The van der Waals surface area contributed by atoms with Crippen LogP contribution in [-0.2, 0) is 11.3 Å². The van der Waals surface area contributed by atoms with Gasteiger partial charge in [0.15, 0.2) is 0 Å². The number of alkyl halides is 3.